The topological polar surface area (TPSA) is 72.9 Å². The standard InChI is InChI=1S/C18H24F3NO5S/c1-3-22(14-8-9-28(24,25)11-14)17(23)7-5-13-4-6-15(16(10-13)26-2)27-12-18(19,20)21/h4,6,10,14H,3,5,7-9,11-12H2,1-2H3. The van der Waals surface area contributed by atoms with E-state index in [4.69, 9.17) is 9.47 Å². The minimum atomic E-state index is -4.45. The molecule has 1 unspecified atom stereocenters. The highest BCUT2D eigenvalue weighted by molar-refractivity contribution is 7.91. The predicted molar refractivity (Wildman–Crippen MR) is 97.3 cm³/mol. The molecule has 1 amide bonds. The van der Waals surface area contributed by atoms with E-state index in [9.17, 15) is 26.4 Å². The van der Waals surface area contributed by atoms with Gasteiger partial charge in [-0.2, -0.15) is 13.2 Å². The first kappa shape index (κ1) is 22.3. The fourth-order valence-electron chi connectivity index (χ4n) is 3.20. The van der Waals surface area contributed by atoms with Crippen LogP contribution < -0.4 is 9.47 Å². The molecule has 0 radical (unpaired) electrons. The third kappa shape index (κ3) is 6.29. The van der Waals surface area contributed by atoms with E-state index < -0.39 is 22.6 Å². The smallest absolute Gasteiger partial charge is 0.422 e. The molecule has 10 heteroatoms. The van der Waals surface area contributed by atoms with Gasteiger partial charge in [0, 0.05) is 19.0 Å². The van der Waals surface area contributed by atoms with Gasteiger partial charge in [-0.1, -0.05) is 6.07 Å². The summed E-state index contributed by atoms with van der Waals surface area (Å²) in [5.41, 5.74) is 0.708. The summed E-state index contributed by atoms with van der Waals surface area (Å²) in [5, 5.41) is 0. The van der Waals surface area contributed by atoms with Crippen molar-refractivity contribution in [1.29, 1.82) is 0 Å². The van der Waals surface area contributed by atoms with Crippen molar-refractivity contribution < 1.29 is 35.9 Å². The first-order chi connectivity index (χ1) is 13.0. The van der Waals surface area contributed by atoms with Crippen molar-refractivity contribution in [2.24, 2.45) is 0 Å². The number of sulfone groups is 1. The SMILES string of the molecule is CCN(C(=O)CCc1ccc(OCC(F)(F)F)c(OC)c1)C1CCS(=O)(=O)C1. The van der Waals surface area contributed by atoms with Crippen LogP contribution in [0.3, 0.4) is 0 Å². The second-order valence-electron chi connectivity index (χ2n) is 6.63. The second-order valence-corrected chi connectivity index (χ2v) is 8.85. The number of hydrogen-bond donors (Lipinski definition) is 0. The van der Waals surface area contributed by atoms with Gasteiger partial charge in [-0.25, -0.2) is 8.42 Å². The number of alkyl halides is 3. The fraction of sp³-hybridized carbons (Fsp3) is 0.611. The summed E-state index contributed by atoms with van der Waals surface area (Å²) in [6.45, 7) is 0.808. The molecular weight excluding hydrogens is 399 g/mol. The van der Waals surface area contributed by atoms with Crippen LogP contribution in [-0.4, -0.2) is 63.2 Å². The predicted octanol–water partition coefficient (Wildman–Crippen LogP) is 2.60. The first-order valence-electron chi connectivity index (χ1n) is 8.91. The van der Waals surface area contributed by atoms with Crippen LogP contribution in [0.4, 0.5) is 13.2 Å². The lowest BCUT2D eigenvalue weighted by atomic mass is 10.1. The van der Waals surface area contributed by atoms with Crippen molar-refractivity contribution in [2.45, 2.75) is 38.4 Å². The molecule has 0 aliphatic carbocycles. The summed E-state index contributed by atoms with van der Waals surface area (Å²) < 4.78 is 70.0. The van der Waals surface area contributed by atoms with Gasteiger partial charge in [0.05, 0.1) is 18.6 Å². The van der Waals surface area contributed by atoms with E-state index in [1.165, 1.54) is 19.2 Å². The molecule has 1 aliphatic heterocycles. The number of halogens is 3. The Morgan fingerprint density at radius 1 is 1.29 bits per heavy atom. The van der Waals surface area contributed by atoms with E-state index in [2.05, 4.69) is 0 Å². The molecule has 1 aliphatic rings. The number of rotatable bonds is 8. The van der Waals surface area contributed by atoms with Crippen molar-refractivity contribution in [3.63, 3.8) is 0 Å². The van der Waals surface area contributed by atoms with E-state index in [-0.39, 0.29) is 41.4 Å². The monoisotopic (exact) mass is 423 g/mol. The number of carbonyl (C=O) groups excluding carboxylic acids is 1. The Balaban J connectivity index is 1.98. The van der Waals surface area contributed by atoms with Crippen LogP contribution in [0.25, 0.3) is 0 Å². The van der Waals surface area contributed by atoms with E-state index in [1.807, 2.05) is 0 Å². The van der Waals surface area contributed by atoms with Crippen molar-refractivity contribution in [2.75, 3.05) is 31.8 Å². The van der Waals surface area contributed by atoms with Crippen molar-refractivity contribution in [3.8, 4) is 11.5 Å². The highest BCUT2D eigenvalue weighted by Gasteiger charge is 2.33. The van der Waals surface area contributed by atoms with Crippen LogP contribution >= 0.6 is 0 Å². The van der Waals surface area contributed by atoms with Crippen molar-refractivity contribution in [3.05, 3.63) is 23.8 Å². The molecule has 0 N–H and O–H groups in total. The Labute approximate surface area is 162 Å². The molecule has 6 nitrogen and oxygen atoms in total. The summed E-state index contributed by atoms with van der Waals surface area (Å²) in [5.74, 6) is 0.0644. The number of methoxy groups -OCH3 is 1. The normalized spacial score (nSPS) is 18.7. The van der Waals surface area contributed by atoms with E-state index in [1.54, 1.807) is 17.9 Å². The number of benzene rings is 1. The maximum Gasteiger partial charge on any atom is 0.422 e. The molecule has 1 atom stereocenters. The molecule has 0 spiro atoms. The zero-order valence-electron chi connectivity index (χ0n) is 15.8. The van der Waals surface area contributed by atoms with Gasteiger partial charge in [-0.15, -0.1) is 0 Å². The molecule has 1 aromatic rings. The summed E-state index contributed by atoms with van der Waals surface area (Å²) >= 11 is 0. The van der Waals surface area contributed by atoms with Crippen LogP contribution in [0, 0.1) is 0 Å². The Morgan fingerprint density at radius 3 is 2.54 bits per heavy atom. The first-order valence-corrected chi connectivity index (χ1v) is 10.7. The number of hydrogen-bond acceptors (Lipinski definition) is 5. The van der Waals surface area contributed by atoms with Gasteiger partial charge in [0.25, 0.3) is 0 Å². The Kier molecular flexibility index (Phi) is 7.19. The average molecular weight is 423 g/mol. The van der Waals surface area contributed by atoms with Gasteiger partial charge in [-0.3, -0.25) is 4.79 Å². The van der Waals surface area contributed by atoms with Crippen molar-refractivity contribution >= 4 is 15.7 Å². The Hall–Kier alpha value is -1.97. The molecule has 158 valence electrons. The summed E-state index contributed by atoms with van der Waals surface area (Å²) in [7, 11) is -1.76. The molecular formula is C18H24F3NO5S. The zero-order chi connectivity index (χ0) is 20.9. The lowest BCUT2D eigenvalue weighted by Gasteiger charge is -2.27. The average Bonchev–Trinajstić information content (AvgIpc) is 2.97. The highest BCUT2D eigenvalue weighted by Crippen LogP contribution is 2.30. The van der Waals surface area contributed by atoms with E-state index >= 15 is 0 Å². The molecule has 1 heterocycles. The Bertz CT molecular complexity index is 795. The van der Waals surface area contributed by atoms with Crippen LogP contribution in [0.1, 0.15) is 25.3 Å². The maximum atomic E-state index is 12.5. The lowest BCUT2D eigenvalue weighted by molar-refractivity contribution is -0.153. The summed E-state index contributed by atoms with van der Waals surface area (Å²) in [6, 6.07) is 4.20. The van der Waals surface area contributed by atoms with Crippen molar-refractivity contribution in [1.82, 2.24) is 4.90 Å². The van der Waals surface area contributed by atoms with Gasteiger partial charge >= 0.3 is 6.18 Å². The quantitative estimate of drug-likeness (QED) is 0.643. The van der Waals surface area contributed by atoms with Gasteiger partial charge < -0.3 is 14.4 Å². The van der Waals surface area contributed by atoms with Crippen LogP contribution in [0.15, 0.2) is 18.2 Å². The molecule has 1 fully saturated rings. The number of ether oxygens (including phenoxy) is 2. The van der Waals surface area contributed by atoms with Crippen LogP contribution in [0.2, 0.25) is 0 Å². The molecule has 0 aromatic heterocycles. The zero-order valence-corrected chi connectivity index (χ0v) is 16.6. The van der Waals surface area contributed by atoms with Gasteiger partial charge in [-0.05, 0) is 37.5 Å². The fourth-order valence-corrected chi connectivity index (χ4v) is 4.93. The van der Waals surface area contributed by atoms with Gasteiger partial charge in [0.15, 0.2) is 27.9 Å². The number of nitrogens with zero attached hydrogens (tertiary/aromatic N) is 1. The molecule has 1 saturated heterocycles. The molecule has 28 heavy (non-hydrogen) atoms. The molecule has 2 rings (SSSR count). The molecule has 1 aromatic carbocycles. The molecule has 0 saturated carbocycles. The third-order valence-corrected chi connectivity index (χ3v) is 6.31. The number of aryl methyl sites for hydroxylation is 1. The minimum Gasteiger partial charge on any atom is -0.493 e. The third-order valence-electron chi connectivity index (χ3n) is 4.56. The summed E-state index contributed by atoms with van der Waals surface area (Å²) in [4.78, 5) is 14.1. The maximum absolute atomic E-state index is 12.5. The van der Waals surface area contributed by atoms with Crippen LogP contribution in [0.5, 0.6) is 11.5 Å². The van der Waals surface area contributed by atoms with E-state index in [0.717, 1.165) is 0 Å². The number of amides is 1. The molecule has 0 bridgehead atoms. The lowest BCUT2D eigenvalue weighted by Crippen LogP contribution is -2.41. The largest absolute Gasteiger partial charge is 0.493 e. The second kappa shape index (κ2) is 9.02. The summed E-state index contributed by atoms with van der Waals surface area (Å²) in [6.07, 6.45) is -3.49. The minimum absolute atomic E-state index is 0.00829. The van der Waals surface area contributed by atoms with Gasteiger partial charge in [0.2, 0.25) is 5.91 Å². The number of carbonyl (C=O) groups is 1. The van der Waals surface area contributed by atoms with E-state index in [0.29, 0.717) is 24.9 Å². The van der Waals surface area contributed by atoms with Gasteiger partial charge in [0.1, 0.15) is 0 Å². The van der Waals surface area contributed by atoms with Crippen LogP contribution in [-0.2, 0) is 21.1 Å². The highest BCUT2D eigenvalue weighted by atomic mass is 32.2. The Morgan fingerprint density at radius 2 is 2.00 bits per heavy atom.